The number of nitrogens with zero attached hydrogens (tertiary/aromatic N) is 4. The highest BCUT2D eigenvalue weighted by atomic mass is 32.1. The van der Waals surface area contributed by atoms with Gasteiger partial charge in [0.15, 0.2) is 0 Å². The number of likely N-dealkylation sites (tertiary alicyclic amines) is 3. The zero-order valence-electron chi connectivity index (χ0n) is 17.2. The second-order valence-electron chi connectivity index (χ2n) is 9.60. The van der Waals surface area contributed by atoms with Gasteiger partial charge in [-0.25, -0.2) is 4.98 Å². The van der Waals surface area contributed by atoms with Crippen molar-refractivity contribution in [1.82, 2.24) is 19.7 Å². The van der Waals surface area contributed by atoms with Crippen LogP contribution in [0.1, 0.15) is 50.5 Å². The fraction of sp³-hybridized carbons (Fsp3) is 0.818. The van der Waals surface area contributed by atoms with Crippen LogP contribution >= 0.6 is 11.3 Å². The number of rotatable bonds is 4. The van der Waals surface area contributed by atoms with Crippen molar-refractivity contribution in [3.63, 3.8) is 0 Å². The zero-order valence-corrected chi connectivity index (χ0v) is 18.1. The molecule has 0 bridgehead atoms. The molecule has 0 aromatic carbocycles. The molecule has 3 saturated heterocycles. The highest BCUT2D eigenvalue weighted by Gasteiger charge is 2.64. The maximum Gasteiger partial charge on any atom is 0.230 e. The van der Waals surface area contributed by atoms with Gasteiger partial charge in [-0.2, -0.15) is 0 Å². The summed E-state index contributed by atoms with van der Waals surface area (Å²) >= 11 is 1.77. The Morgan fingerprint density at radius 2 is 1.93 bits per heavy atom. The van der Waals surface area contributed by atoms with Crippen LogP contribution in [0, 0.1) is 16.7 Å². The summed E-state index contributed by atoms with van der Waals surface area (Å²) in [6, 6.07) is 0. The molecule has 1 aromatic rings. The van der Waals surface area contributed by atoms with Crippen LogP contribution < -0.4 is 0 Å². The Kier molecular flexibility index (Phi) is 5.00. The molecule has 0 radical (unpaired) electrons. The lowest BCUT2D eigenvalue weighted by molar-refractivity contribution is -0.143. The van der Waals surface area contributed by atoms with Crippen molar-refractivity contribution in [2.24, 2.45) is 16.7 Å². The van der Waals surface area contributed by atoms with Crippen LogP contribution in [0.15, 0.2) is 11.6 Å². The van der Waals surface area contributed by atoms with Crippen molar-refractivity contribution < 1.29 is 4.79 Å². The molecule has 6 heteroatoms. The summed E-state index contributed by atoms with van der Waals surface area (Å²) in [5.74, 6) is 1.07. The van der Waals surface area contributed by atoms with E-state index < -0.39 is 0 Å². The maximum absolute atomic E-state index is 13.7. The van der Waals surface area contributed by atoms with E-state index in [1.807, 2.05) is 6.20 Å². The van der Waals surface area contributed by atoms with Crippen LogP contribution in [0.3, 0.4) is 0 Å². The van der Waals surface area contributed by atoms with E-state index in [0.717, 1.165) is 58.8 Å². The third-order valence-corrected chi connectivity index (χ3v) is 9.15. The minimum Gasteiger partial charge on any atom is -0.342 e. The van der Waals surface area contributed by atoms with Crippen LogP contribution in [0.25, 0.3) is 0 Å². The molecule has 4 heterocycles. The van der Waals surface area contributed by atoms with Crippen LogP contribution in [0.2, 0.25) is 0 Å². The average Bonchev–Trinajstić information content (AvgIpc) is 3.50. The Labute approximate surface area is 173 Å². The summed E-state index contributed by atoms with van der Waals surface area (Å²) in [7, 11) is 0. The van der Waals surface area contributed by atoms with Crippen molar-refractivity contribution in [2.45, 2.75) is 52.0 Å². The highest BCUT2D eigenvalue weighted by Crippen LogP contribution is 2.62. The second-order valence-corrected chi connectivity index (χ2v) is 10.6. The van der Waals surface area contributed by atoms with Gasteiger partial charge in [-0.3, -0.25) is 9.69 Å². The Morgan fingerprint density at radius 1 is 1.14 bits per heavy atom. The van der Waals surface area contributed by atoms with Gasteiger partial charge in [0.1, 0.15) is 5.01 Å². The normalized spacial score (nSPS) is 33.0. The van der Waals surface area contributed by atoms with Gasteiger partial charge in [0.2, 0.25) is 5.91 Å². The molecule has 2 atom stereocenters. The molecule has 5 rings (SSSR count). The smallest absolute Gasteiger partial charge is 0.230 e. The number of piperidine rings is 1. The number of carbonyl (C=O) groups is 1. The van der Waals surface area contributed by atoms with Gasteiger partial charge in [-0.05, 0) is 69.5 Å². The maximum atomic E-state index is 13.7. The Hall–Kier alpha value is -0.980. The number of amides is 1. The van der Waals surface area contributed by atoms with Crippen LogP contribution in [0.5, 0.6) is 0 Å². The summed E-state index contributed by atoms with van der Waals surface area (Å²) in [4.78, 5) is 25.5. The topological polar surface area (TPSA) is 39.7 Å². The first-order chi connectivity index (χ1) is 13.7. The van der Waals surface area contributed by atoms with E-state index in [1.165, 1.54) is 37.1 Å². The number of thiazole rings is 1. The third-order valence-electron chi connectivity index (χ3n) is 8.38. The molecule has 28 heavy (non-hydrogen) atoms. The Bertz CT molecular complexity index is 693. The van der Waals surface area contributed by atoms with E-state index in [9.17, 15) is 4.79 Å². The van der Waals surface area contributed by atoms with Crippen molar-refractivity contribution in [2.75, 3.05) is 45.8 Å². The summed E-state index contributed by atoms with van der Waals surface area (Å²) in [6.45, 7) is 10.8. The van der Waals surface area contributed by atoms with Gasteiger partial charge in [-0.15, -0.1) is 11.3 Å². The van der Waals surface area contributed by atoms with Crippen molar-refractivity contribution in [3.05, 3.63) is 16.6 Å². The fourth-order valence-corrected chi connectivity index (χ4v) is 7.42. The third kappa shape index (κ3) is 3.03. The molecule has 1 saturated carbocycles. The van der Waals surface area contributed by atoms with E-state index in [1.54, 1.807) is 11.3 Å². The average molecular weight is 403 g/mol. The molecular formula is C22H34N4OS. The lowest BCUT2D eigenvalue weighted by Gasteiger charge is -2.44. The van der Waals surface area contributed by atoms with Crippen LogP contribution in [-0.2, 0) is 11.3 Å². The molecule has 1 aliphatic carbocycles. The molecule has 1 aromatic heterocycles. The SMILES string of the molecule is CCN1C[C@H]2C3(CCN(Cc4nccs4)CC3)CC[C@@]2(C(=O)N2CCCC2)C1. The van der Waals surface area contributed by atoms with E-state index in [0.29, 0.717) is 17.2 Å². The highest BCUT2D eigenvalue weighted by molar-refractivity contribution is 7.09. The molecule has 4 fully saturated rings. The Morgan fingerprint density at radius 3 is 2.61 bits per heavy atom. The predicted octanol–water partition coefficient (Wildman–Crippen LogP) is 3.08. The van der Waals surface area contributed by atoms with Crippen LogP contribution in [0.4, 0.5) is 0 Å². The van der Waals surface area contributed by atoms with E-state index in [2.05, 4.69) is 32.0 Å². The second kappa shape index (κ2) is 7.37. The van der Waals surface area contributed by atoms with E-state index in [-0.39, 0.29) is 5.41 Å². The van der Waals surface area contributed by atoms with Crippen molar-refractivity contribution >= 4 is 17.2 Å². The number of carbonyl (C=O) groups excluding carboxylic acids is 1. The quantitative estimate of drug-likeness (QED) is 0.776. The van der Waals surface area contributed by atoms with Gasteiger partial charge in [0.25, 0.3) is 0 Å². The summed E-state index contributed by atoms with van der Waals surface area (Å²) < 4.78 is 0. The van der Waals surface area contributed by atoms with E-state index >= 15 is 0 Å². The standard InChI is InChI=1S/C22H34N4OS/c1-2-24-15-18-21(7-12-25(13-8-21)16-19-23-9-14-28-19)5-6-22(18,17-24)20(27)26-10-3-4-11-26/h9,14,18H,2-8,10-13,15-17H2,1H3/t18-,22+/m0/s1. The molecule has 0 unspecified atom stereocenters. The number of hydrogen-bond acceptors (Lipinski definition) is 5. The summed E-state index contributed by atoms with van der Waals surface area (Å²) in [6.07, 6.45) is 9.21. The van der Waals surface area contributed by atoms with Gasteiger partial charge < -0.3 is 9.80 Å². The molecule has 4 aliphatic rings. The van der Waals surface area contributed by atoms with E-state index in [4.69, 9.17) is 0 Å². The predicted molar refractivity (Wildman–Crippen MR) is 112 cm³/mol. The minimum absolute atomic E-state index is 0.0855. The molecule has 0 N–H and O–H groups in total. The lowest BCUT2D eigenvalue weighted by Crippen LogP contribution is -2.49. The number of hydrogen-bond donors (Lipinski definition) is 0. The van der Waals surface area contributed by atoms with Gasteiger partial charge >= 0.3 is 0 Å². The first-order valence-corrected chi connectivity index (χ1v) is 12.2. The molecular weight excluding hydrogens is 368 g/mol. The van der Waals surface area contributed by atoms with Crippen LogP contribution in [-0.4, -0.2) is 71.4 Å². The lowest BCUT2D eigenvalue weighted by atomic mass is 9.65. The Balaban J connectivity index is 1.33. The number of aromatic nitrogens is 1. The number of fused-ring (bicyclic) bond motifs is 2. The first kappa shape index (κ1) is 19.0. The summed E-state index contributed by atoms with van der Waals surface area (Å²) in [5.41, 5.74) is 0.302. The van der Waals surface area contributed by atoms with Crippen molar-refractivity contribution in [1.29, 1.82) is 0 Å². The monoisotopic (exact) mass is 402 g/mol. The molecule has 1 amide bonds. The zero-order chi connectivity index (χ0) is 19.2. The minimum atomic E-state index is -0.0855. The van der Waals surface area contributed by atoms with Gasteiger partial charge in [0, 0.05) is 37.8 Å². The van der Waals surface area contributed by atoms with Gasteiger partial charge in [-0.1, -0.05) is 6.92 Å². The molecule has 1 spiro atoms. The molecule has 5 nitrogen and oxygen atoms in total. The van der Waals surface area contributed by atoms with Gasteiger partial charge in [0.05, 0.1) is 12.0 Å². The van der Waals surface area contributed by atoms with Crippen molar-refractivity contribution in [3.8, 4) is 0 Å². The first-order valence-electron chi connectivity index (χ1n) is 11.3. The summed E-state index contributed by atoms with van der Waals surface area (Å²) in [5, 5.41) is 3.31. The largest absolute Gasteiger partial charge is 0.342 e. The molecule has 154 valence electrons. The molecule has 3 aliphatic heterocycles. The fourth-order valence-electron chi connectivity index (χ4n) is 6.76.